The summed E-state index contributed by atoms with van der Waals surface area (Å²) in [5, 5.41) is 10.9. The third-order valence-electron chi connectivity index (χ3n) is 4.52. The lowest BCUT2D eigenvalue weighted by molar-refractivity contribution is -0.0323. The molecular formula is C18H22N2O4. The monoisotopic (exact) mass is 330 g/mol. The van der Waals surface area contributed by atoms with Crippen LogP contribution >= 0.6 is 0 Å². The maximum atomic E-state index is 11.8. The molecule has 1 aliphatic heterocycles. The van der Waals surface area contributed by atoms with E-state index in [9.17, 15) is 9.90 Å². The number of methoxy groups -OCH3 is 1. The number of likely N-dealkylation sites (tertiary alicyclic amines) is 1. The van der Waals surface area contributed by atoms with Crippen LogP contribution in [-0.2, 0) is 12.1 Å². The molecule has 1 saturated heterocycles. The van der Waals surface area contributed by atoms with Crippen molar-refractivity contribution in [3.63, 3.8) is 0 Å². The number of nitrogens with zero attached hydrogens (tertiary/aromatic N) is 2. The Hall–Kier alpha value is -2.18. The fourth-order valence-corrected chi connectivity index (χ4v) is 2.97. The highest BCUT2D eigenvalue weighted by molar-refractivity contribution is 5.19. The largest absolute Gasteiger partial charge is 0.490 e. The minimum atomic E-state index is -0.884. The highest BCUT2D eigenvalue weighted by atomic mass is 16.5. The standard InChI is InChI=1S/C18H22N2O4/c1-13-3-4-17(19-10-13)18(22)5-7-20(8-6-18)11-14-9-15(21)16(23-2)12-24-14/h3-4,9-10,12,22H,5-8,11H2,1-2H3. The van der Waals surface area contributed by atoms with Crippen LogP contribution in [0.3, 0.4) is 0 Å². The van der Waals surface area contributed by atoms with Crippen LogP contribution in [0.15, 0.2) is 39.9 Å². The molecule has 0 saturated carbocycles. The summed E-state index contributed by atoms with van der Waals surface area (Å²) in [7, 11) is 1.44. The molecule has 128 valence electrons. The summed E-state index contributed by atoms with van der Waals surface area (Å²) in [6.45, 7) is 3.94. The molecule has 1 N–H and O–H groups in total. The van der Waals surface area contributed by atoms with Crippen molar-refractivity contribution < 1.29 is 14.3 Å². The Bertz CT molecular complexity index is 746. The minimum Gasteiger partial charge on any atom is -0.490 e. The quantitative estimate of drug-likeness (QED) is 0.922. The zero-order chi connectivity index (χ0) is 17.2. The molecule has 0 bridgehead atoms. The smallest absolute Gasteiger partial charge is 0.227 e. The van der Waals surface area contributed by atoms with Crippen LogP contribution in [0.2, 0.25) is 0 Å². The second-order valence-electron chi connectivity index (χ2n) is 6.31. The predicted molar refractivity (Wildman–Crippen MR) is 88.9 cm³/mol. The van der Waals surface area contributed by atoms with Crippen LogP contribution in [0.5, 0.6) is 5.75 Å². The van der Waals surface area contributed by atoms with Crippen molar-refractivity contribution in [2.75, 3.05) is 20.2 Å². The number of aliphatic hydroxyl groups is 1. The molecule has 1 aliphatic rings. The van der Waals surface area contributed by atoms with Gasteiger partial charge in [-0.15, -0.1) is 0 Å². The van der Waals surface area contributed by atoms with Crippen molar-refractivity contribution in [1.29, 1.82) is 0 Å². The number of hydrogen-bond acceptors (Lipinski definition) is 6. The van der Waals surface area contributed by atoms with Crippen LogP contribution in [0.1, 0.15) is 29.9 Å². The Balaban J connectivity index is 1.63. The maximum Gasteiger partial charge on any atom is 0.227 e. The summed E-state index contributed by atoms with van der Waals surface area (Å²) in [4.78, 5) is 18.3. The molecule has 0 aromatic carbocycles. The second-order valence-corrected chi connectivity index (χ2v) is 6.31. The molecule has 0 spiro atoms. The molecule has 2 aromatic heterocycles. The van der Waals surface area contributed by atoms with Gasteiger partial charge >= 0.3 is 0 Å². The number of aryl methyl sites for hydroxylation is 1. The van der Waals surface area contributed by atoms with Gasteiger partial charge in [0.25, 0.3) is 0 Å². The van der Waals surface area contributed by atoms with Crippen molar-refractivity contribution in [3.8, 4) is 5.75 Å². The molecule has 6 nitrogen and oxygen atoms in total. The Labute approximate surface area is 140 Å². The van der Waals surface area contributed by atoms with E-state index in [1.807, 2.05) is 19.1 Å². The van der Waals surface area contributed by atoms with E-state index in [1.165, 1.54) is 19.4 Å². The van der Waals surface area contributed by atoms with Gasteiger partial charge in [-0.1, -0.05) is 6.07 Å². The molecule has 0 aliphatic carbocycles. The first-order valence-corrected chi connectivity index (χ1v) is 8.04. The van der Waals surface area contributed by atoms with Gasteiger partial charge in [0.05, 0.1) is 19.3 Å². The van der Waals surface area contributed by atoms with E-state index in [1.54, 1.807) is 6.20 Å². The number of rotatable bonds is 4. The average molecular weight is 330 g/mol. The molecule has 2 aromatic rings. The van der Waals surface area contributed by atoms with Crippen LogP contribution in [0, 0.1) is 6.92 Å². The zero-order valence-electron chi connectivity index (χ0n) is 14.0. The summed E-state index contributed by atoms with van der Waals surface area (Å²) in [5.41, 5.74) is 0.736. The Kier molecular flexibility index (Phi) is 4.69. The summed E-state index contributed by atoms with van der Waals surface area (Å²) < 4.78 is 10.4. The summed E-state index contributed by atoms with van der Waals surface area (Å²) in [6.07, 6.45) is 4.33. The van der Waals surface area contributed by atoms with E-state index in [0.29, 0.717) is 38.2 Å². The fourth-order valence-electron chi connectivity index (χ4n) is 2.97. The number of ether oxygens (including phenoxy) is 1. The van der Waals surface area contributed by atoms with E-state index >= 15 is 0 Å². The van der Waals surface area contributed by atoms with Gasteiger partial charge in [0.1, 0.15) is 17.6 Å². The number of aromatic nitrogens is 1. The van der Waals surface area contributed by atoms with E-state index in [2.05, 4.69) is 9.88 Å². The van der Waals surface area contributed by atoms with E-state index in [-0.39, 0.29) is 11.2 Å². The minimum absolute atomic E-state index is 0.184. The third kappa shape index (κ3) is 3.49. The molecule has 6 heteroatoms. The Morgan fingerprint density at radius 3 is 2.71 bits per heavy atom. The normalized spacial score (nSPS) is 17.6. The molecule has 0 atom stereocenters. The highest BCUT2D eigenvalue weighted by Gasteiger charge is 2.35. The first kappa shape index (κ1) is 16.7. The van der Waals surface area contributed by atoms with Crippen LogP contribution in [0.4, 0.5) is 0 Å². The number of piperidine rings is 1. The summed E-state index contributed by atoms with van der Waals surface area (Å²) >= 11 is 0. The van der Waals surface area contributed by atoms with Gasteiger partial charge in [0.15, 0.2) is 0 Å². The first-order valence-electron chi connectivity index (χ1n) is 8.04. The molecule has 24 heavy (non-hydrogen) atoms. The molecule has 0 radical (unpaired) electrons. The summed E-state index contributed by atoms with van der Waals surface area (Å²) in [6, 6.07) is 5.33. The lowest BCUT2D eigenvalue weighted by Gasteiger charge is -2.37. The second kappa shape index (κ2) is 6.75. The SMILES string of the molecule is COc1coc(CN2CCC(O)(c3ccc(C)cn3)CC2)cc1=O. The van der Waals surface area contributed by atoms with Crippen molar-refractivity contribution >= 4 is 0 Å². The van der Waals surface area contributed by atoms with Crippen molar-refractivity contribution in [2.24, 2.45) is 0 Å². The maximum absolute atomic E-state index is 11.8. The molecular weight excluding hydrogens is 308 g/mol. The van der Waals surface area contributed by atoms with Gasteiger partial charge in [-0.05, 0) is 31.4 Å². The zero-order valence-corrected chi connectivity index (χ0v) is 14.0. The van der Waals surface area contributed by atoms with Crippen LogP contribution in [0.25, 0.3) is 0 Å². The third-order valence-corrected chi connectivity index (χ3v) is 4.52. The van der Waals surface area contributed by atoms with E-state index in [0.717, 1.165) is 11.3 Å². The van der Waals surface area contributed by atoms with Crippen LogP contribution < -0.4 is 10.2 Å². The number of pyridine rings is 1. The van der Waals surface area contributed by atoms with Gasteiger partial charge in [-0.3, -0.25) is 14.7 Å². The fraction of sp³-hybridized carbons (Fsp3) is 0.444. The first-order chi connectivity index (χ1) is 11.5. The van der Waals surface area contributed by atoms with Crippen molar-refractivity contribution in [3.05, 3.63) is 57.9 Å². The molecule has 0 amide bonds. The Morgan fingerprint density at radius 2 is 2.12 bits per heavy atom. The van der Waals surface area contributed by atoms with Gasteiger partial charge in [0, 0.05) is 25.4 Å². The van der Waals surface area contributed by atoms with Crippen molar-refractivity contribution in [1.82, 2.24) is 9.88 Å². The van der Waals surface area contributed by atoms with Crippen molar-refractivity contribution in [2.45, 2.75) is 31.9 Å². The van der Waals surface area contributed by atoms with Gasteiger partial charge in [-0.2, -0.15) is 0 Å². The van der Waals surface area contributed by atoms with Gasteiger partial charge in [-0.25, -0.2) is 0 Å². The summed E-state index contributed by atoms with van der Waals surface area (Å²) in [5.74, 6) is 0.803. The Morgan fingerprint density at radius 1 is 1.38 bits per heavy atom. The molecule has 3 rings (SSSR count). The number of hydrogen-bond donors (Lipinski definition) is 1. The lowest BCUT2D eigenvalue weighted by Crippen LogP contribution is -2.42. The highest BCUT2D eigenvalue weighted by Crippen LogP contribution is 2.32. The van der Waals surface area contributed by atoms with Crippen LogP contribution in [-0.4, -0.2) is 35.2 Å². The molecule has 0 unspecified atom stereocenters. The van der Waals surface area contributed by atoms with E-state index < -0.39 is 5.60 Å². The van der Waals surface area contributed by atoms with E-state index in [4.69, 9.17) is 9.15 Å². The van der Waals surface area contributed by atoms with Gasteiger partial charge < -0.3 is 14.3 Å². The topological polar surface area (TPSA) is 75.8 Å². The average Bonchev–Trinajstić information content (AvgIpc) is 2.58. The van der Waals surface area contributed by atoms with Gasteiger partial charge in [0.2, 0.25) is 11.2 Å². The molecule has 1 fully saturated rings. The lowest BCUT2D eigenvalue weighted by atomic mass is 9.87. The predicted octanol–water partition coefficient (Wildman–Crippen LogP) is 1.84. The molecule has 3 heterocycles.